The number of hydrogen-bond donors (Lipinski definition) is 1. The summed E-state index contributed by atoms with van der Waals surface area (Å²) in [5, 5.41) is 3.15. The van der Waals surface area contributed by atoms with Crippen LogP contribution in [0.5, 0.6) is 0 Å². The van der Waals surface area contributed by atoms with Gasteiger partial charge in [-0.3, -0.25) is 0 Å². The van der Waals surface area contributed by atoms with Gasteiger partial charge in [-0.05, 0) is 17.7 Å². The van der Waals surface area contributed by atoms with Crippen molar-refractivity contribution in [2.24, 2.45) is 0 Å². The highest BCUT2D eigenvalue weighted by Gasteiger charge is 1.96. The smallest absolute Gasteiger partial charge is 0.0949 e. The third-order valence-corrected chi connectivity index (χ3v) is 2.25. The third kappa shape index (κ3) is 2.64. The quantitative estimate of drug-likeness (QED) is 0.784. The minimum Gasteiger partial charge on any atom is -0.374 e. The standard InChI is InChI=1S/C13H13N3/c1-2-6-15-13-5-3-4-12(9-13)10-16-8-7-14-11-16/h1,3-5,7-9,11,15H,6,10H2. The average molecular weight is 211 g/mol. The first-order valence-corrected chi connectivity index (χ1v) is 5.10. The molecule has 0 saturated carbocycles. The Kier molecular flexibility index (Phi) is 3.25. The first-order valence-electron chi connectivity index (χ1n) is 5.10. The van der Waals surface area contributed by atoms with E-state index < -0.39 is 0 Å². The lowest BCUT2D eigenvalue weighted by molar-refractivity contribution is 0.797. The van der Waals surface area contributed by atoms with Crippen LogP contribution in [0.25, 0.3) is 0 Å². The number of anilines is 1. The van der Waals surface area contributed by atoms with Gasteiger partial charge in [0, 0.05) is 24.6 Å². The molecule has 3 heteroatoms. The van der Waals surface area contributed by atoms with Gasteiger partial charge in [0.2, 0.25) is 0 Å². The lowest BCUT2D eigenvalue weighted by atomic mass is 10.2. The monoisotopic (exact) mass is 211 g/mol. The molecule has 0 radical (unpaired) electrons. The molecule has 1 aromatic carbocycles. The normalized spacial score (nSPS) is 9.69. The predicted octanol–water partition coefficient (Wildman–Crippen LogP) is 1.98. The van der Waals surface area contributed by atoms with Gasteiger partial charge in [-0.25, -0.2) is 4.98 Å². The molecule has 3 nitrogen and oxygen atoms in total. The Balaban J connectivity index is 2.07. The van der Waals surface area contributed by atoms with Gasteiger partial charge in [0.05, 0.1) is 12.9 Å². The van der Waals surface area contributed by atoms with Gasteiger partial charge in [0.1, 0.15) is 0 Å². The molecule has 0 amide bonds. The summed E-state index contributed by atoms with van der Waals surface area (Å²) in [5.74, 6) is 2.55. The Morgan fingerprint density at radius 2 is 2.38 bits per heavy atom. The van der Waals surface area contributed by atoms with E-state index in [1.165, 1.54) is 5.56 Å². The summed E-state index contributed by atoms with van der Waals surface area (Å²) < 4.78 is 2.03. The van der Waals surface area contributed by atoms with E-state index in [0.29, 0.717) is 6.54 Å². The van der Waals surface area contributed by atoms with Gasteiger partial charge in [0.15, 0.2) is 0 Å². The summed E-state index contributed by atoms with van der Waals surface area (Å²) in [7, 11) is 0. The van der Waals surface area contributed by atoms with Crippen molar-refractivity contribution in [1.29, 1.82) is 0 Å². The predicted molar refractivity (Wildman–Crippen MR) is 65.1 cm³/mol. The van der Waals surface area contributed by atoms with Crippen molar-refractivity contribution in [3.05, 3.63) is 48.5 Å². The first-order chi connectivity index (χ1) is 7.88. The second-order valence-corrected chi connectivity index (χ2v) is 3.49. The highest BCUT2D eigenvalue weighted by Crippen LogP contribution is 2.11. The summed E-state index contributed by atoms with van der Waals surface area (Å²) in [5.41, 5.74) is 2.27. The first kappa shape index (κ1) is 10.3. The van der Waals surface area contributed by atoms with E-state index in [0.717, 1.165) is 12.2 Å². The van der Waals surface area contributed by atoms with Crippen LogP contribution in [0, 0.1) is 12.3 Å². The zero-order valence-electron chi connectivity index (χ0n) is 8.93. The van der Waals surface area contributed by atoms with E-state index in [1.54, 1.807) is 6.20 Å². The van der Waals surface area contributed by atoms with E-state index in [-0.39, 0.29) is 0 Å². The van der Waals surface area contributed by atoms with E-state index in [2.05, 4.69) is 28.4 Å². The molecular formula is C13H13N3. The van der Waals surface area contributed by atoms with Crippen molar-refractivity contribution in [2.75, 3.05) is 11.9 Å². The van der Waals surface area contributed by atoms with E-state index >= 15 is 0 Å². The van der Waals surface area contributed by atoms with E-state index in [9.17, 15) is 0 Å². The van der Waals surface area contributed by atoms with Gasteiger partial charge in [-0.15, -0.1) is 6.42 Å². The Hall–Kier alpha value is -2.21. The van der Waals surface area contributed by atoms with Crippen molar-refractivity contribution in [1.82, 2.24) is 9.55 Å². The molecule has 2 aromatic rings. The summed E-state index contributed by atoms with van der Waals surface area (Å²) in [6.07, 6.45) is 10.7. The minimum atomic E-state index is 0.550. The average Bonchev–Trinajstić information content (AvgIpc) is 2.80. The number of benzene rings is 1. The molecule has 0 atom stereocenters. The summed E-state index contributed by atoms with van der Waals surface area (Å²) in [6, 6.07) is 8.21. The van der Waals surface area contributed by atoms with Gasteiger partial charge in [-0.1, -0.05) is 18.1 Å². The van der Waals surface area contributed by atoms with Crippen LogP contribution in [0.2, 0.25) is 0 Å². The van der Waals surface area contributed by atoms with Crippen molar-refractivity contribution < 1.29 is 0 Å². The molecular weight excluding hydrogens is 198 g/mol. The summed E-state index contributed by atoms with van der Waals surface area (Å²) >= 11 is 0. The fourth-order valence-electron chi connectivity index (χ4n) is 1.52. The Bertz CT molecular complexity index is 480. The molecule has 0 aliphatic heterocycles. The van der Waals surface area contributed by atoms with Crippen LogP contribution in [-0.2, 0) is 6.54 Å². The van der Waals surface area contributed by atoms with Gasteiger partial charge < -0.3 is 9.88 Å². The number of nitrogens with zero attached hydrogens (tertiary/aromatic N) is 2. The number of terminal acetylenes is 1. The van der Waals surface area contributed by atoms with Crippen LogP contribution < -0.4 is 5.32 Å². The molecule has 1 aromatic heterocycles. The maximum atomic E-state index is 5.20. The van der Waals surface area contributed by atoms with E-state index in [4.69, 9.17) is 6.42 Å². The number of hydrogen-bond acceptors (Lipinski definition) is 2. The van der Waals surface area contributed by atoms with Gasteiger partial charge >= 0.3 is 0 Å². The van der Waals surface area contributed by atoms with Crippen molar-refractivity contribution in [3.63, 3.8) is 0 Å². The molecule has 0 aliphatic carbocycles. The Morgan fingerprint density at radius 3 is 3.12 bits per heavy atom. The molecule has 0 bridgehead atoms. The van der Waals surface area contributed by atoms with Crippen LogP contribution in [-0.4, -0.2) is 16.1 Å². The zero-order valence-corrected chi connectivity index (χ0v) is 8.93. The lowest BCUT2D eigenvalue weighted by Crippen LogP contribution is -2.00. The van der Waals surface area contributed by atoms with Crippen LogP contribution in [0.1, 0.15) is 5.56 Å². The zero-order chi connectivity index (χ0) is 11.2. The second-order valence-electron chi connectivity index (χ2n) is 3.49. The fraction of sp³-hybridized carbons (Fsp3) is 0.154. The molecule has 2 rings (SSSR count). The minimum absolute atomic E-state index is 0.550. The summed E-state index contributed by atoms with van der Waals surface area (Å²) in [4.78, 5) is 4.01. The molecule has 0 fully saturated rings. The molecule has 0 spiro atoms. The van der Waals surface area contributed by atoms with E-state index in [1.807, 2.05) is 29.2 Å². The molecule has 1 N–H and O–H groups in total. The SMILES string of the molecule is C#CCNc1cccc(Cn2ccnc2)c1. The summed E-state index contributed by atoms with van der Waals surface area (Å²) in [6.45, 7) is 1.38. The van der Waals surface area contributed by atoms with Gasteiger partial charge in [0.25, 0.3) is 0 Å². The number of nitrogens with one attached hydrogen (secondary N) is 1. The fourth-order valence-corrected chi connectivity index (χ4v) is 1.52. The molecule has 0 saturated heterocycles. The molecule has 16 heavy (non-hydrogen) atoms. The van der Waals surface area contributed by atoms with Crippen LogP contribution in [0.15, 0.2) is 43.0 Å². The van der Waals surface area contributed by atoms with Crippen molar-refractivity contribution in [2.45, 2.75) is 6.54 Å². The lowest BCUT2D eigenvalue weighted by Gasteiger charge is -2.06. The molecule has 1 heterocycles. The molecule has 0 aliphatic rings. The highest BCUT2D eigenvalue weighted by molar-refractivity contribution is 5.46. The Labute approximate surface area is 95.1 Å². The molecule has 80 valence electrons. The van der Waals surface area contributed by atoms with Gasteiger partial charge in [-0.2, -0.15) is 0 Å². The largest absolute Gasteiger partial charge is 0.374 e. The highest BCUT2D eigenvalue weighted by atomic mass is 15.0. The van der Waals surface area contributed by atoms with Crippen molar-refractivity contribution in [3.8, 4) is 12.3 Å². The van der Waals surface area contributed by atoms with Crippen LogP contribution in [0.3, 0.4) is 0 Å². The maximum Gasteiger partial charge on any atom is 0.0949 e. The third-order valence-electron chi connectivity index (χ3n) is 2.25. The van der Waals surface area contributed by atoms with Crippen LogP contribution in [0.4, 0.5) is 5.69 Å². The number of rotatable bonds is 4. The second kappa shape index (κ2) is 5.04. The van der Waals surface area contributed by atoms with Crippen LogP contribution >= 0.6 is 0 Å². The number of aromatic nitrogens is 2. The van der Waals surface area contributed by atoms with Crippen molar-refractivity contribution >= 4 is 5.69 Å². The topological polar surface area (TPSA) is 29.9 Å². The number of imidazole rings is 1. The molecule has 0 unspecified atom stereocenters. The Morgan fingerprint density at radius 1 is 1.44 bits per heavy atom. The maximum absolute atomic E-state index is 5.20.